The minimum atomic E-state index is -0.120. The SMILES string of the molecule is COc1ccccc1CC(Cl)c1ccc(I)c(Cl)c1. The van der Waals surface area contributed by atoms with Crippen molar-refractivity contribution in [1.29, 1.82) is 0 Å². The van der Waals surface area contributed by atoms with Crippen LogP contribution in [0.4, 0.5) is 0 Å². The van der Waals surface area contributed by atoms with Crippen LogP contribution in [-0.4, -0.2) is 7.11 Å². The summed E-state index contributed by atoms with van der Waals surface area (Å²) >= 11 is 14.8. The fraction of sp³-hybridized carbons (Fsp3) is 0.200. The lowest BCUT2D eigenvalue weighted by atomic mass is 10.0. The van der Waals surface area contributed by atoms with Crippen molar-refractivity contribution in [2.45, 2.75) is 11.8 Å². The molecule has 1 nitrogen and oxygen atoms in total. The van der Waals surface area contributed by atoms with Gasteiger partial charge in [-0.15, -0.1) is 11.6 Å². The number of rotatable bonds is 4. The normalized spacial score (nSPS) is 12.2. The molecule has 4 heteroatoms. The fourth-order valence-corrected chi connectivity index (χ4v) is 2.72. The maximum absolute atomic E-state index is 6.48. The zero-order valence-corrected chi connectivity index (χ0v) is 14.0. The molecule has 0 saturated carbocycles. The number of benzene rings is 2. The molecule has 2 aromatic carbocycles. The highest BCUT2D eigenvalue weighted by atomic mass is 127. The molecular weight excluding hydrogens is 394 g/mol. The van der Waals surface area contributed by atoms with Crippen LogP contribution in [0.25, 0.3) is 0 Å². The molecule has 0 fully saturated rings. The van der Waals surface area contributed by atoms with Crippen LogP contribution in [0.2, 0.25) is 5.02 Å². The lowest BCUT2D eigenvalue weighted by Crippen LogP contribution is -1.99. The summed E-state index contributed by atoms with van der Waals surface area (Å²) in [7, 11) is 1.67. The van der Waals surface area contributed by atoms with Crippen LogP contribution in [0, 0.1) is 3.57 Å². The van der Waals surface area contributed by atoms with Crippen LogP contribution in [0.3, 0.4) is 0 Å². The number of halogens is 3. The summed E-state index contributed by atoms with van der Waals surface area (Å²) in [6, 6.07) is 13.8. The zero-order chi connectivity index (χ0) is 13.8. The van der Waals surface area contributed by atoms with E-state index in [0.29, 0.717) is 6.42 Å². The number of para-hydroxylation sites is 1. The third-order valence-electron chi connectivity index (χ3n) is 2.90. The first-order valence-electron chi connectivity index (χ1n) is 5.82. The van der Waals surface area contributed by atoms with E-state index in [1.807, 2.05) is 42.5 Å². The standard InChI is InChI=1S/C15H13Cl2IO/c1-19-15-5-3-2-4-11(15)9-12(16)10-6-7-14(18)13(17)8-10/h2-8,12H,9H2,1H3. The Hall–Kier alpha value is -0.450. The minimum absolute atomic E-state index is 0.120. The fourth-order valence-electron chi connectivity index (χ4n) is 1.89. The Labute approximate surface area is 137 Å². The first-order valence-corrected chi connectivity index (χ1v) is 7.72. The monoisotopic (exact) mass is 406 g/mol. The van der Waals surface area contributed by atoms with Crippen molar-refractivity contribution in [3.63, 3.8) is 0 Å². The second-order valence-electron chi connectivity index (χ2n) is 4.16. The quantitative estimate of drug-likeness (QED) is 0.482. The van der Waals surface area contributed by atoms with Crippen molar-refractivity contribution >= 4 is 45.8 Å². The van der Waals surface area contributed by atoms with E-state index in [2.05, 4.69) is 22.6 Å². The molecule has 0 bridgehead atoms. The van der Waals surface area contributed by atoms with E-state index in [1.165, 1.54) is 0 Å². The molecule has 0 heterocycles. The van der Waals surface area contributed by atoms with Crippen molar-refractivity contribution in [1.82, 2.24) is 0 Å². The Kier molecular flexibility index (Phi) is 5.37. The second-order valence-corrected chi connectivity index (χ2v) is 6.25. The van der Waals surface area contributed by atoms with Crippen LogP contribution in [0.5, 0.6) is 5.75 Å². The van der Waals surface area contributed by atoms with Gasteiger partial charge in [-0.2, -0.15) is 0 Å². The molecule has 0 aliphatic rings. The molecule has 100 valence electrons. The van der Waals surface area contributed by atoms with Crippen molar-refractivity contribution in [2.24, 2.45) is 0 Å². The van der Waals surface area contributed by atoms with Crippen molar-refractivity contribution in [3.05, 3.63) is 62.2 Å². The van der Waals surface area contributed by atoms with Crippen LogP contribution in [-0.2, 0) is 6.42 Å². The number of methoxy groups -OCH3 is 1. The first kappa shape index (κ1) is 14.9. The second kappa shape index (κ2) is 6.82. The van der Waals surface area contributed by atoms with Crippen LogP contribution in [0.1, 0.15) is 16.5 Å². The van der Waals surface area contributed by atoms with Gasteiger partial charge in [0.05, 0.1) is 17.5 Å². The molecule has 0 N–H and O–H groups in total. The third kappa shape index (κ3) is 3.77. The third-order valence-corrected chi connectivity index (χ3v) is 4.88. The molecule has 1 atom stereocenters. The van der Waals surface area contributed by atoms with Crippen LogP contribution < -0.4 is 4.74 Å². The smallest absolute Gasteiger partial charge is 0.122 e. The number of alkyl halides is 1. The lowest BCUT2D eigenvalue weighted by molar-refractivity contribution is 0.409. The van der Waals surface area contributed by atoms with Crippen molar-refractivity contribution in [2.75, 3.05) is 7.11 Å². The molecule has 2 aromatic rings. The molecule has 0 aromatic heterocycles. The maximum atomic E-state index is 6.48. The van der Waals surface area contributed by atoms with Gasteiger partial charge in [-0.3, -0.25) is 0 Å². The summed E-state index contributed by atoms with van der Waals surface area (Å²) in [5.74, 6) is 0.866. The minimum Gasteiger partial charge on any atom is -0.496 e. The van der Waals surface area contributed by atoms with Crippen molar-refractivity contribution in [3.8, 4) is 5.75 Å². The van der Waals surface area contributed by atoms with E-state index < -0.39 is 0 Å². The van der Waals surface area contributed by atoms with Gasteiger partial charge in [-0.25, -0.2) is 0 Å². The zero-order valence-electron chi connectivity index (χ0n) is 10.4. The van der Waals surface area contributed by atoms with Crippen LogP contribution >= 0.6 is 45.8 Å². The average molecular weight is 407 g/mol. The van der Waals surface area contributed by atoms with Crippen molar-refractivity contribution < 1.29 is 4.74 Å². The van der Waals surface area contributed by atoms with Gasteiger partial charge in [0.25, 0.3) is 0 Å². The van der Waals surface area contributed by atoms with Crippen LogP contribution in [0.15, 0.2) is 42.5 Å². The number of ether oxygens (including phenoxy) is 1. The van der Waals surface area contributed by atoms with Gasteiger partial charge in [-0.1, -0.05) is 35.9 Å². The Morgan fingerprint density at radius 2 is 1.95 bits per heavy atom. The summed E-state index contributed by atoms with van der Waals surface area (Å²) in [5, 5.41) is 0.620. The van der Waals surface area contributed by atoms with Gasteiger partial charge in [0.1, 0.15) is 5.75 Å². The number of hydrogen-bond acceptors (Lipinski definition) is 1. The highest BCUT2D eigenvalue weighted by Crippen LogP contribution is 2.31. The molecule has 0 aliphatic carbocycles. The molecule has 0 saturated heterocycles. The summed E-state index contributed by atoms with van der Waals surface area (Å²) < 4.78 is 6.37. The van der Waals surface area contributed by atoms with Gasteiger partial charge >= 0.3 is 0 Å². The van der Waals surface area contributed by atoms with E-state index in [0.717, 1.165) is 25.5 Å². The summed E-state index contributed by atoms with van der Waals surface area (Å²) in [4.78, 5) is 0. The molecule has 0 aliphatic heterocycles. The largest absolute Gasteiger partial charge is 0.496 e. The maximum Gasteiger partial charge on any atom is 0.122 e. The Morgan fingerprint density at radius 3 is 2.63 bits per heavy atom. The topological polar surface area (TPSA) is 9.23 Å². The molecule has 2 rings (SSSR count). The predicted molar refractivity (Wildman–Crippen MR) is 89.5 cm³/mol. The molecule has 19 heavy (non-hydrogen) atoms. The molecule has 0 amide bonds. The van der Waals surface area contributed by atoms with Gasteiger partial charge in [-0.05, 0) is 58.3 Å². The van der Waals surface area contributed by atoms with E-state index in [9.17, 15) is 0 Å². The highest BCUT2D eigenvalue weighted by molar-refractivity contribution is 14.1. The van der Waals surface area contributed by atoms with Gasteiger partial charge in [0.2, 0.25) is 0 Å². The first-order chi connectivity index (χ1) is 9.11. The Balaban J connectivity index is 2.20. The highest BCUT2D eigenvalue weighted by Gasteiger charge is 2.13. The van der Waals surface area contributed by atoms with E-state index in [1.54, 1.807) is 7.11 Å². The molecule has 0 radical (unpaired) electrons. The van der Waals surface area contributed by atoms with E-state index >= 15 is 0 Å². The Bertz CT molecular complexity index is 572. The Morgan fingerprint density at radius 1 is 1.21 bits per heavy atom. The summed E-state index contributed by atoms with van der Waals surface area (Å²) in [6.07, 6.45) is 0.711. The molecular formula is C15H13Cl2IO. The predicted octanol–water partition coefficient (Wildman–Crippen LogP) is 5.48. The summed E-state index contributed by atoms with van der Waals surface area (Å²) in [6.45, 7) is 0. The average Bonchev–Trinajstić information content (AvgIpc) is 2.42. The van der Waals surface area contributed by atoms with Gasteiger partial charge in [0, 0.05) is 3.57 Å². The van der Waals surface area contributed by atoms with E-state index in [4.69, 9.17) is 27.9 Å². The lowest BCUT2D eigenvalue weighted by Gasteiger charge is -2.13. The van der Waals surface area contributed by atoms with Gasteiger partial charge < -0.3 is 4.74 Å². The number of hydrogen-bond donors (Lipinski definition) is 0. The molecule has 1 unspecified atom stereocenters. The van der Waals surface area contributed by atoms with Gasteiger partial charge in [0.15, 0.2) is 0 Å². The summed E-state index contributed by atoms with van der Waals surface area (Å²) in [5.41, 5.74) is 2.12. The molecule has 0 spiro atoms. The van der Waals surface area contributed by atoms with E-state index in [-0.39, 0.29) is 5.38 Å².